The molecule has 2 rings (SSSR count). The number of hydrogen-bond acceptors (Lipinski definition) is 7. The maximum Gasteiger partial charge on any atom is 0.295 e. The fourth-order valence-electron chi connectivity index (χ4n) is 2.41. The lowest BCUT2D eigenvalue weighted by Gasteiger charge is -2.22. The van der Waals surface area contributed by atoms with E-state index in [2.05, 4.69) is 10.5 Å². The highest BCUT2D eigenvalue weighted by Gasteiger charge is 2.17. The zero-order chi connectivity index (χ0) is 18.8. The first-order valence-corrected chi connectivity index (χ1v) is 8.41. The van der Waals surface area contributed by atoms with E-state index < -0.39 is 12.6 Å². The van der Waals surface area contributed by atoms with Crippen LogP contribution in [-0.2, 0) is 14.3 Å². The molecule has 1 aromatic carbocycles. The molecule has 0 aliphatic carbocycles. The summed E-state index contributed by atoms with van der Waals surface area (Å²) in [7, 11) is 0. The molecule has 0 saturated carbocycles. The molecule has 0 unspecified atom stereocenters. The number of rotatable bonds is 9. The second kappa shape index (κ2) is 10.4. The van der Waals surface area contributed by atoms with Gasteiger partial charge in [0.05, 0.1) is 32.0 Å². The second-order valence-electron chi connectivity index (χ2n) is 5.63. The second-order valence-corrected chi connectivity index (χ2v) is 5.63. The summed E-state index contributed by atoms with van der Waals surface area (Å²) < 4.78 is 15.8. The number of hydrazone groups is 1. The number of carbonyl (C=O) groups is 2. The van der Waals surface area contributed by atoms with Gasteiger partial charge in [0, 0.05) is 0 Å². The number of amides is 1. The van der Waals surface area contributed by atoms with Crippen molar-refractivity contribution < 1.29 is 33.8 Å². The molecule has 0 atom stereocenters. The molecule has 1 aliphatic rings. The number of nitrogens with zero attached hydrogens (tertiary/aromatic N) is 1. The van der Waals surface area contributed by atoms with E-state index in [4.69, 9.17) is 14.2 Å². The summed E-state index contributed by atoms with van der Waals surface area (Å²) in [4.78, 5) is 23.6. The molecule has 9 nitrogen and oxygen atoms in total. The lowest BCUT2D eigenvalue weighted by molar-refractivity contribution is -0.900. The van der Waals surface area contributed by atoms with Crippen LogP contribution in [0.4, 0.5) is 0 Å². The number of carbonyl (C=O) groups excluding carboxylic acids is 2. The van der Waals surface area contributed by atoms with E-state index in [0.717, 1.165) is 18.0 Å². The molecule has 1 heterocycles. The largest absolute Gasteiger partial charge is 0.546 e. The van der Waals surface area contributed by atoms with E-state index >= 15 is 0 Å². The van der Waals surface area contributed by atoms with Crippen molar-refractivity contribution in [2.75, 3.05) is 46.1 Å². The molecular weight excluding hydrogens is 342 g/mol. The van der Waals surface area contributed by atoms with Gasteiger partial charge in [-0.2, -0.15) is 5.10 Å². The number of hydrogen-bond donors (Lipinski definition) is 2. The highest BCUT2D eigenvalue weighted by molar-refractivity contribution is 5.83. The van der Waals surface area contributed by atoms with Crippen molar-refractivity contribution in [3.8, 4) is 11.5 Å². The Morgan fingerprint density at radius 2 is 2.08 bits per heavy atom. The molecule has 1 aromatic rings. The highest BCUT2D eigenvalue weighted by Crippen LogP contribution is 2.27. The van der Waals surface area contributed by atoms with Crippen molar-refractivity contribution in [1.82, 2.24) is 5.43 Å². The highest BCUT2D eigenvalue weighted by atomic mass is 16.5. The summed E-state index contributed by atoms with van der Waals surface area (Å²) >= 11 is 0. The molecule has 1 fully saturated rings. The Labute approximate surface area is 151 Å². The van der Waals surface area contributed by atoms with Crippen LogP contribution in [0.1, 0.15) is 12.5 Å². The Kier molecular flexibility index (Phi) is 7.84. The quantitative estimate of drug-likeness (QED) is 0.372. The fraction of sp³-hybridized carbons (Fsp3) is 0.471. The fourth-order valence-corrected chi connectivity index (χ4v) is 2.41. The Bertz CT molecular complexity index is 643. The molecule has 26 heavy (non-hydrogen) atoms. The van der Waals surface area contributed by atoms with E-state index in [9.17, 15) is 14.7 Å². The summed E-state index contributed by atoms with van der Waals surface area (Å²) in [6, 6.07) is 4.90. The lowest BCUT2D eigenvalue weighted by atomic mass is 10.2. The summed E-state index contributed by atoms with van der Waals surface area (Å²) in [6.45, 7) is 4.93. The Balaban J connectivity index is 1.90. The number of aliphatic carboxylic acids is 1. The van der Waals surface area contributed by atoms with Gasteiger partial charge in [0.1, 0.15) is 19.7 Å². The molecule has 0 aromatic heterocycles. The van der Waals surface area contributed by atoms with Gasteiger partial charge in [0.15, 0.2) is 18.0 Å². The Morgan fingerprint density at radius 3 is 2.77 bits per heavy atom. The van der Waals surface area contributed by atoms with Crippen LogP contribution >= 0.6 is 0 Å². The first-order chi connectivity index (χ1) is 12.6. The number of carboxylic acid groups (broad SMARTS) is 1. The van der Waals surface area contributed by atoms with Crippen LogP contribution in [0.5, 0.6) is 11.5 Å². The predicted octanol–water partition coefficient (Wildman–Crippen LogP) is -2.42. The van der Waals surface area contributed by atoms with E-state index in [-0.39, 0.29) is 5.91 Å². The van der Waals surface area contributed by atoms with E-state index in [1.807, 2.05) is 0 Å². The minimum atomic E-state index is -1.32. The average molecular weight is 365 g/mol. The first-order valence-electron chi connectivity index (χ1n) is 8.41. The number of morpholine rings is 1. The van der Waals surface area contributed by atoms with Crippen LogP contribution in [0, 0.1) is 0 Å². The molecule has 1 amide bonds. The first kappa shape index (κ1) is 19.7. The summed E-state index contributed by atoms with van der Waals surface area (Å²) in [5.74, 6) is -0.796. The van der Waals surface area contributed by atoms with E-state index in [1.165, 1.54) is 6.21 Å². The molecule has 1 aliphatic heterocycles. The van der Waals surface area contributed by atoms with Crippen LogP contribution < -0.4 is 24.9 Å². The van der Waals surface area contributed by atoms with Crippen LogP contribution in [-0.4, -0.2) is 64.2 Å². The molecule has 9 heteroatoms. The standard InChI is InChI=1S/C17H23N3O6/c1-2-25-15-9-13(3-4-14(15)26-12-17(22)23)10-18-19-16(21)11-20-5-7-24-8-6-20/h3-4,9-10H,2,5-8,11-12H2,1H3,(H,19,21)(H,22,23)/b18-10-. The van der Waals surface area contributed by atoms with Gasteiger partial charge < -0.3 is 29.0 Å². The minimum Gasteiger partial charge on any atom is -0.546 e. The van der Waals surface area contributed by atoms with Gasteiger partial charge in [0.2, 0.25) is 0 Å². The van der Waals surface area contributed by atoms with Crippen LogP contribution in [0.2, 0.25) is 0 Å². The number of benzene rings is 1. The summed E-state index contributed by atoms with van der Waals surface area (Å²) in [6.07, 6.45) is 1.48. The third kappa shape index (κ3) is 6.69. The van der Waals surface area contributed by atoms with Crippen molar-refractivity contribution in [2.45, 2.75) is 6.92 Å². The van der Waals surface area contributed by atoms with Gasteiger partial charge in [-0.05, 0) is 30.7 Å². The summed E-state index contributed by atoms with van der Waals surface area (Å²) in [5.41, 5.74) is 3.17. The molecule has 142 valence electrons. The van der Waals surface area contributed by atoms with Crippen molar-refractivity contribution in [3.05, 3.63) is 23.8 Å². The third-order valence-electron chi connectivity index (χ3n) is 3.63. The monoisotopic (exact) mass is 365 g/mol. The van der Waals surface area contributed by atoms with E-state index in [0.29, 0.717) is 43.4 Å². The van der Waals surface area contributed by atoms with Crippen molar-refractivity contribution >= 4 is 18.1 Å². The zero-order valence-corrected chi connectivity index (χ0v) is 14.7. The average Bonchev–Trinajstić information content (AvgIpc) is 2.62. The van der Waals surface area contributed by atoms with Gasteiger partial charge in [-0.1, -0.05) is 0 Å². The van der Waals surface area contributed by atoms with Crippen LogP contribution in [0.25, 0.3) is 0 Å². The topological polar surface area (TPSA) is 114 Å². The van der Waals surface area contributed by atoms with Gasteiger partial charge in [-0.15, -0.1) is 0 Å². The van der Waals surface area contributed by atoms with Crippen molar-refractivity contribution in [3.63, 3.8) is 0 Å². The SMILES string of the molecule is CCOc1cc(/C=N\NC(=O)C[NH+]2CCOCC2)ccc1OCC(=O)[O-]. The molecule has 2 N–H and O–H groups in total. The van der Waals surface area contributed by atoms with Crippen LogP contribution in [0.3, 0.4) is 0 Å². The normalized spacial score (nSPS) is 15.0. The summed E-state index contributed by atoms with van der Waals surface area (Å²) in [5, 5.41) is 14.5. The smallest absolute Gasteiger partial charge is 0.295 e. The number of nitrogens with one attached hydrogen (secondary N) is 2. The van der Waals surface area contributed by atoms with Gasteiger partial charge >= 0.3 is 0 Å². The third-order valence-corrected chi connectivity index (χ3v) is 3.63. The van der Waals surface area contributed by atoms with E-state index in [1.54, 1.807) is 25.1 Å². The maximum absolute atomic E-state index is 11.9. The van der Waals surface area contributed by atoms with Gasteiger partial charge in [-0.25, -0.2) is 5.43 Å². The predicted molar refractivity (Wildman–Crippen MR) is 90.2 cm³/mol. The Morgan fingerprint density at radius 1 is 1.31 bits per heavy atom. The molecule has 0 bridgehead atoms. The van der Waals surface area contributed by atoms with Crippen LogP contribution in [0.15, 0.2) is 23.3 Å². The van der Waals surface area contributed by atoms with Crippen molar-refractivity contribution in [1.29, 1.82) is 0 Å². The molecule has 0 spiro atoms. The number of ether oxygens (including phenoxy) is 3. The number of carboxylic acids is 1. The molecule has 1 saturated heterocycles. The minimum absolute atomic E-state index is 0.169. The lowest BCUT2D eigenvalue weighted by Crippen LogP contribution is -3.15. The Hall–Kier alpha value is -2.65. The number of quaternary nitrogens is 1. The molecule has 0 radical (unpaired) electrons. The maximum atomic E-state index is 11.9. The van der Waals surface area contributed by atoms with Gasteiger partial charge in [-0.3, -0.25) is 4.79 Å². The van der Waals surface area contributed by atoms with Crippen molar-refractivity contribution in [2.24, 2.45) is 5.10 Å². The zero-order valence-electron chi connectivity index (χ0n) is 14.7. The molecular formula is C17H23N3O6. The van der Waals surface area contributed by atoms with Gasteiger partial charge in [0.25, 0.3) is 5.91 Å².